The van der Waals surface area contributed by atoms with Crippen molar-refractivity contribution < 1.29 is 28.7 Å². The SMILES string of the molecule is CCCCN1C(=O)/C(=C(/N)NC)C(=O)N(C2CCC3(CC2)CC2(C3)C(=O)N(C)C(=O)N2C[C@@H]2CCOC2)C1=O. The highest BCUT2D eigenvalue weighted by Crippen LogP contribution is 2.61. The van der Waals surface area contributed by atoms with Gasteiger partial charge in [0.2, 0.25) is 0 Å². The van der Waals surface area contributed by atoms with Crippen LogP contribution in [0.3, 0.4) is 0 Å². The third-order valence-corrected chi connectivity index (χ3v) is 9.52. The predicted octanol–water partition coefficient (Wildman–Crippen LogP) is 1.36. The smallest absolute Gasteiger partial charge is 0.334 e. The van der Waals surface area contributed by atoms with E-state index in [2.05, 4.69) is 5.32 Å². The molecular weight excluding hydrogens is 504 g/mol. The lowest BCUT2D eigenvalue weighted by atomic mass is 9.51. The molecule has 5 fully saturated rings. The highest BCUT2D eigenvalue weighted by molar-refractivity contribution is 6.29. The number of carbonyl (C=O) groups excluding carboxylic acids is 5. The fourth-order valence-corrected chi connectivity index (χ4v) is 7.32. The summed E-state index contributed by atoms with van der Waals surface area (Å²) in [7, 11) is 3.09. The van der Waals surface area contributed by atoms with Gasteiger partial charge in [-0.3, -0.25) is 29.1 Å². The van der Waals surface area contributed by atoms with Crippen molar-refractivity contribution in [2.45, 2.75) is 76.3 Å². The van der Waals surface area contributed by atoms with E-state index in [1.54, 1.807) is 11.9 Å². The number of nitrogens with zero attached hydrogens (tertiary/aromatic N) is 4. The van der Waals surface area contributed by atoms with Crippen LogP contribution in [0, 0.1) is 11.3 Å². The van der Waals surface area contributed by atoms with E-state index < -0.39 is 23.4 Å². The molecule has 0 aromatic carbocycles. The van der Waals surface area contributed by atoms with Crippen molar-refractivity contribution >= 4 is 29.8 Å². The standard InChI is InChI=1S/C27H40N6O6/c1-4-5-11-31-21(34)19(20(28)29-2)22(35)33(25(31)38)18-6-9-26(10-7-18)15-27(16-26)23(36)30(3)24(37)32(27)13-17-8-12-39-14-17/h17-18,29H,4-16,28H2,1-3H3/b20-19+/t17-,18?,26?,27?/m0/s1. The van der Waals surface area contributed by atoms with E-state index >= 15 is 0 Å². The van der Waals surface area contributed by atoms with Gasteiger partial charge in [0.1, 0.15) is 16.9 Å². The molecule has 0 aromatic heterocycles. The molecule has 7 amide bonds. The average molecular weight is 545 g/mol. The van der Waals surface area contributed by atoms with Crippen LogP contribution >= 0.6 is 0 Å². The summed E-state index contributed by atoms with van der Waals surface area (Å²) in [4.78, 5) is 71.5. The quantitative estimate of drug-likeness (QED) is 0.278. The van der Waals surface area contributed by atoms with Crippen molar-refractivity contribution in [1.82, 2.24) is 24.9 Å². The van der Waals surface area contributed by atoms with Crippen LogP contribution in [-0.2, 0) is 19.1 Å². The second-order valence-corrected chi connectivity index (χ2v) is 11.9. The average Bonchev–Trinajstić information content (AvgIpc) is 3.48. The van der Waals surface area contributed by atoms with Gasteiger partial charge in [-0.2, -0.15) is 0 Å². The molecule has 5 aliphatic rings. The first-order valence-corrected chi connectivity index (χ1v) is 14.1. The summed E-state index contributed by atoms with van der Waals surface area (Å²) >= 11 is 0. The second kappa shape index (κ2) is 10.1. The second-order valence-electron chi connectivity index (χ2n) is 11.9. The Morgan fingerprint density at radius 3 is 2.33 bits per heavy atom. The summed E-state index contributed by atoms with van der Waals surface area (Å²) in [5.74, 6) is -1.25. The van der Waals surface area contributed by atoms with Crippen LogP contribution in [-0.4, -0.2) is 101 Å². The topological polar surface area (TPSA) is 146 Å². The van der Waals surface area contributed by atoms with Crippen molar-refractivity contribution in [3.05, 3.63) is 11.4 Å². The van der Waals surface area contributed by atoms with Gasteiger partial charge in [0, 0.05) is 45.8 Å². The van der Waals surface area contributed by atoms with Crippen LogP contribution in [0.1, 0.15) is 64.7 Å². The lowest BCUT2D eigenvalue weighted by Gasteiger charge is -2.59. The maximum absolute atomic E-state index is 13.4. The number of hydrogen-bond acceptors (Lipinski definition) is 8. The zero-order valence-electron chi connectivity index (χ0n) is 23.2. The number of nitrogens with one attached hydrogen (secondary N) is 1. The fraction of sp³-hybridized carbons (Fsp3) is 0.741. The van der Waals surface area contributed by atoms with Gasteiger partial charge in [0.15, 0.2) is 0 Å². The first kappa shape index (κ1) is 27.4. The molecule has 2 spiro atoms. The normalized spacial score (nSPS) is 34.6. The van der Waals surface area contributed by atoms with Crippen LogP contribution in [0.15, 0.2) is 11.4 Å². The summed E-state index contributed by atoms with van der Waals surface area (Å²) in [5, 5.41) is 2.69. The predicted molar refractivity (Wildman–Crippen MR) is 140 cm³/mol. The Balaban J connectivity index is 1.31. The number of carbonyl (C=O) groups is 5. The first-order valence-electron chi connectivity index (χ1n) is 14.1. The van der Waals surface area contributed by atoms with Gasteiger partial charge < -0.3 is 20.7 Å². The third kappa shape index (κ3) is 4.27. The lowest BCUT2D eigenvalue weighted by Crippen LogP contribution is -2.66. The number of imide groups is 3. The zero-order chi connectivity index (χ0) is 28.1. The van der Waals surface area contributed by atoms with E-state index in [4.69, 9.17) is 10.5 Å². The fourth-order valence-electron chi connectivity index (χ4n) is 7.32. The molecular formula is C27H40N6O6. The minimum atomic E-state index is -0.807. The van der Waals surface area contributed by atoms with E-state index in [1.165, 1.54) is 16.8 Å². The molecule has 12 nitrogen and oxygen atoms in total. The minimum absolute atomic E-state index is 0.0431. The summed E-state index contributed by atoms with van der Waals surface area (Å²) in [6.07, 6.45) is 6.10. The number of barbiturate groups is 1. The number of likely N-dealkylation sites (N-methyl/N-ethyl adjacent to an activating group) is 1. The molecule has 3 aliphatic heterocycles. The van der Waals surface area contributed by atoms with Crippen LogP contribution in [0.2, 0.25) is 0 Å². The molecule has 0 aromatic rings. The van der Waals surface area contributed by atoms with E-state index in [1.807, 2.05) is 6.92 Å². The van der Waals surface area contributed by atoms with Crippen molar-refractivity contribution in [2.24, 2.45) is 17.1 Å². The Kier molecular flexibility index (Phi) is 7.11. The highest BCUT2D eigenvalue weighted by atomic mass is 16.5. The Morgan fingerprint density at radius 1 is 1.05 bits per heavy atom. The van der Waals surface area contributed by atoms with Crippen LogP contribution in [0.4, 0.5) is 9.59 Å². The number of nitrogens with two attached hydrogens (primary N) is 1. The number of unbranched alkanes of at least 4 members (excludes halogenated alkanes) is 1. The Morgan fingerprint density at radius 2 is 1.74 bits per heavy atom. The van der Waals surface area contributed by atoms with Crippen LogP contribution in [0.5, 0.6) is 0 Å². The molecule has 1 atom stereocenters. The van der Waals surface area contributed by atoms with Crippen molar-refractivity contribution in [1.29, 1.82) is 0 Å². The van der Waals surface area contributed by atoms with Crippen LogP contribution < -0.4 is 11.1 Å². The molecule has 0 unspecified atom stereocenters. The number of amides is 7. The molecule has 0 bridgehead atoms. The van der Waals surface area contributed by atoms with Gasteiger partial charge in [-0.1, -0.05) is 13.3 Å². The highest BCUT2D eigenvalue weighted by Gasteiger charge is 2.68. The molecule has 5 rings (SSSR count). The van der Waals surface area contributed by atoms with Gasteiger partial charge in [-0.05, 0) is 56.8 Å². The van der Waals surface area contributed by atoms with Gasteiger partial charge in [-0.25, -0.2) is 9.59 Å². The minimum Gasteiger partial charge on any atom is -0.385 e. The number of hydrogen-bond donors (Lipinski definition) is 2. The maximum Gasteiger partial charge on any atom is 0.334 e. The van der Waals surface area contributed by atoms with E-state index in [-0.39, 0.29) is 47.3 Å². The van der Waals surface area contributed by atoms with Gasteiger partial charge >= 0.3 is 12.1 Å². The summed E-state index contributed by atoms with van der Waals surface area (Å²) in [5.41, 5.74) is 4.87. The molecule has 39 heavy (non-hydrogen) atoms. The van der Waals surface area contributed by atoms with E-state index in [0.29, 0.717) is 51.9 Å². The summed E-state index contributed by atoms with van der Waals surface area (Å²) in [6, 6.07) is -1.18. The van der Waals surface area contributed by atoms with Gasteiger partial charge in [0.05, 0.1) is 6.61 Å². The maximum atomic E-state index is 13.4. The molecule has 0 radical (unpaired) electrons. The lowest BCUT2D eigenvalue weighted by molar-refractivity contribution is -0.151. The molecule has 12 heteroatoms. The molecule has 3 saturated heterocycles. The Labute approximate surface area is 228 Å². The van der Waals surface area contributed by atoms with Crippen molar-refractivity contribution in [3.63, 3.8) is 0 Å². The molecule has 2 aliphatic carbocycles. The van der Waals surface area contributed by atoms with Crippen molar-refractivity contribution in [2.75, 3.05) is 40.4 Å². The van der Waals surface area contributed by atoms with E-state index in [0.717, 1.165) is 30.6 Å². The Bertz CT molecular complexity index is 1100. The van der Waals surface area contributed by atoms with Gasteiger partial charge in [0.25, 0.3) is 17.7 Å². The largest absolute Gasteiger partial charge is 0.385 e. The Hall–Kier alpha value is -3.15. The third-order valence-electron chi connectivity index (χ3n) is 9.52. The number of ether oxygens (including phenoxy) is 1. The summed E-state index contributed by atoms with van der Waals surface area (Å²) < 4.78 is 5.50. The number of rotatable bonds is 7. The zero-order valence-corrected chi connectivity index (χ0v) is 23.2. The molecule has 2 saturated carbocycles. The molecule has 3 heterocycles. The molecule has 3 N–H and O–H groups in total. The number of urea groups is 2. The first-order chi connectivity index (χ1) is 18.6. The van der Waals surface area contributed by atoms with Crippen LogP contribution in [0.25, 0.3) is 0 Å². The summed E-state index contributed by atoms with van der Waals surface area (Å²) in [6.45, 7) is 4.00. The van der Waals surface area contributed by atoms with Gasteiger partial charge in [-0.15, -0.1) is 0 Å². The molecule has 214 valence electrons. The van der Waals surface area contributed by atoms with E-state index in [9.17, 15) is 24.0 Å². The van der Waals surface area contributed by atoms with Crippen molar-refractivity contribution in [3.8, 4) is 0 Å². The monoisotopic (exact) mass is 544 g/mol.